The van der Waals surface area contributed by atoms with Crippen LogP contribution < -0.4 is 10.6 Å². The van der Waals surface area contributed by atoms with Gasteiger partial charge in [-0.25, -0.2) is 4.39 Å². The van der Waals surface area contributed by atoms with E-state index < -0.39 is 0 Å². The molecule has 0 aliphatic heterocycles. The van der Waals surface area contributed by atoms with Crippen LogP contribution in [0.15, 0.2) is 23.2 Å². The maximum Gasteiger partial charge on any atom is 0.191 e. The van der Waals surface area contributed by atoms with Gasteiger partial charge < -0.3 is 10.6 Å². The molecule has 3 nitrogen and oxygen atoms in total. The van der Waals surface area contributed by atoms with Crippen LogP contribution in [0.1, 0.15) is 17.5 Å². The molecule has 118 valence electrons. The van der Waals surface area contributed by atoms with E-state index in [1.165, 1.54) is 6.07 Å². The van der Waals surface area contributed by atoms with Crippen molar-refractivity contribution < 1.29 is 4.39 Å². The molecule has 6 heteroatoms. The van der Waals surface area contributed by atoms with Crippen molar-refractivity contribution in [3.8, 4) is 0 Å². The Morgan fingerprint density at radius 1 is 1.19 bits per heavy atom. The van der Waals surface area contributed by atoms with Crippen molar-refractivity contribution in [2.75, 3.05) is 31.9 Å². The summed E-state index contributed by atoms with van der Waals surface area (Å²) in [6.45, 7) is 1.56. The highest BCUT2D eigenvalue weighted by molar-refractivity contribution is 7.98. The molecule has 0 unspecified atom stereocenters. The summed E-state index contributed by atoms with van der Waals surface area (Å²) in [5.41, 5.74) is 2.14. The lowest BCUT2D eigenvalue weighted by Crippen LogP contribution is -2.37. The van der Waals surface area contributed by atoms with Crippen LogP contribution in [0.2, 0.25) is 0 Å². The van der Waals surface area contributed by atoms with Gasteiger partial charge in [0.1, 0.15) is 5.82 Å². The Labute approximate surface area is 135 Å². The number of nitrogens with one attached hydrogen (secondary N) is 2. The van der Waals surface area contributed by atoms with Crippen molar-refractivity contribution in [3.63, 3.8) is 0 Å². The summed E-state index contributed by atoms with van der Waals surface area (Å²) in [5, 5.41) is 6.56. The summed E-state index contributed by atoms with van der Waals surface area (Å²) < 4.78 is 13.3. The molecule has 0 bridgehead atoms. The zero-order chi connectivity index (χ0) is 15.5. The largest absolute Gasteiger partial charge is 0.356 e. The lowest BCUT2D eigenvalue weighted by molar-refractivity contribution is 0.625. The van der Waals surface area contributed by atoms with Gasteiger partial charge in [0.05, 0.1) is 0 Å². The molecule has 0 fully saturated rings. The quantitative estimate of drug-likeness (QED) is 0.436. The minimum atomic E-state index is -0.178. The van der Waals surface area contributed by atoms with E-state index in [9.17, 15) is 4.39 Å². The summed E-state index contributed by atoms with van der Waals surface area (Å²) in [7, 11) is 1.76. The van der Waals surface area contributed by atoms with Gasteiger partial charge >= 0.3 is 0 Å². The van der Waals surface area contributed by atoms with E-state index in [0.717, 1.165) is 41.6 Å². The third-order valence-electron chi connectivity index (χ3n) is 2.96. The normalized spacial score (nSPS) is 11.5. The van der Waals surface area contributed by atoms with E-state index in [2.05, 4.69) is 21.9 Å². The monoisotopic (exact) mass is 329 g/mol. The van der Waals surface area contributed by atoms with E-state index in [1.807, 2.05) is 24.1 Å². The molecule has 0 spiro atoms. The van der Waals surface area contributed by atoms with Crippen molar-refractivity contribution in [3.05, 3.63) is 35.1 Å². The molecule has 1 aromatic rings. The van der Waals surface area contributed by atoms with E-state index >= 15 is 0 Å². The highest BCUT2D eigenvalue weighted by Crippen LogP contribution is 2.16. The molecule has 21 heavy (non-hydrogen) atoms. The number of nitrogens with zero attached hydrogens (tertiary/aromatic N) is 1. The summed E-state index contributed by atoms with van der Waals surface area (Å²) in [4.78, 5) is 4.20. The van der Waals surface area contributed by atoms with Gasteiger partial charge in [-0.2, -0.15) is 23.5 Å². The molecule has 0 saturated heterocycles. The average molecular weight is 330 g/mol. The van der Waals surface area contributed by atoms with Gasteiger partial charge in [-0.15, -0.1) is 0 Å². The number of halogens is 1. The van der Waals surface area contributed by atoms with Crippen LogP contribution in [-0.2, 0) is 12.3 Å². The molecule has 1 aromatic carbocycles. The van der Waals surface area contributed by atoms with Gasteiger partial charge in [0.25, 0.3) is 0 Å². The molecule has 0 radical (unpaired) electrons. The third kappa shape index (κ3) is 7.09. The Balaban J connectivity index is 2.52. The number of hydrogen-bond donors (Lipinski definition) is 2. The SMILES string of the molecule is CN=C(NCCCSC)NCc1ccc(F)cc1CSC. The molecule has 1 rings (SSSR count). The first-order chi connectivity index (χ1) is 10.2. The predicted molar refractivity (Wildman–Crippen MR) is 94.8 cm³/mol. The average Bonchev–Trinajstić information content (AvgIpc) is 2.48. The molecule has 0 aliphatic rings. The van der Waals surface area contributed by atoms with Crippen molar-refractivity contribution >= 4 is 29.5 Å². The van der Waals surface area contributed by atoms with Gasteiger partial charge in [0, 0.05) is 25.9 Å². The zero-order valence-corrected chi connectivity index (χ0v) is 14.5. The van der Waals surface area contributed by atoms with Crippen molar-refractivity contribution in [2.45, 2.75) is 18.7 Å². The van der Waals surface area contributed by atoms with Crippen molar-refractivity contribution in [1.29, 1.82) is 0 Å². The van der Waals surface area contributed by atoms with Gasteiger partial charge in [-0.3, -0.25) is 4.99 Å². The summed E-state index contributed by atoms with van der Waals surface area (Å²) in [5.74, 6) is 2.56. The van der Waals surface area contributed by atoms with Crippen LogP contribution in [0.5, 0.6) is 0 Å². The molecule has 0 atom stereocenters. The van der Waals surface area contributed by atoms with Crippen molar-refractivity contribution in [1.82, 2.24) is 10.6 Å². The van der Waals surface area contributed by atoms with E-state index in [-0.39, 0.29) is 5.82 Å². The van der Waals surface area contributed by atoms with Gasteiger partial charge in [-0.05, 0) is 47.9 Å². The molecule has 0 aromatic heterocycles. The highest BCUT2D eigenvalue weighted by Gasteiger charge is 2.05. The van der Waals surface area contributed by atoms with Crippen LogP contribution >= 0.6 is 23.5 Å². The maximum atomic E-state index is 13.3. The number of aliphatic imine (C=N–C) groups is 1. The molecule has 2 N–H and O–H groups in total. The zero-order valence-electron chi connectivity index (χ0n) is 12.9. The standard InChI is InChI=1S/C15H24FN3S2/c1-17-15(18-7-4-8-20-2)19-10-12-5-6-14(16)9-13(12)11-21-3/h5-6,9H,4,7-8,10-11H2,1-3H3,(H2,17,18,19). The van der Waals surface area contributed by atoms with Crippen LogP contribution in [0, 0.1) is 5.82 Å². The Morgan fingerprint density at radius 3 is 2.67 bits per heavy atom. The van der Waals surface area contributed by atoms with Crippen LogP contribution in [0.3, 0.4) is 0 Å². The lowest BCUT2D eigenvalue weighted by atomic mass is 10.1. The maximum absolute atomic E-state index is 13.3. The molecule has 0 saturated carbocycles. The molecular weight excluding hydrogens is 305 g/mol. The number of guanidine groups is 1. The van der Waals surface area contributed by atoms with Crippen molar-refractivity contribution in [2.24, 2.45) is 4.99 Å². The van der Waals surface area contributed by atoms with Crippen LogP contribution in [0.25, 0.3) is 0 Å². The highest BCUT2D eigenvalue weighted by atomic mass is 32.2. The van der Waals surface area contributed by atoms with Crippen LogP contribution in [0.4, 0.5) is 4.39 Å². The minimum Gasteiger partial charge on any atom is -0.356 e. The fourth-order valence-corrected chi connectivity index (χ4v) is 2.89. The Kier molecular flexibility index (Phi) is 9.34. The second-order valence-electron chi connectivity index (χ2n) is 4.54. The van der Waals surface area contributed by atoms with Gasteiger partial charge in [0.15, 0.2) is 5.96 Å². The minimum absolute atomic E-state index is 0.178. The fourth-order valence-electron chi connectivity index (χ4n) is 1.88. The number of rotatable bonds is 8. The first-order valence-corrected chi connectivity index (χ1v) is 9.69. The first-order valence-electron chi connectivity index (χ1n) is 6.91. The summed E-state index contributed by atoms with van der Waals surface area (Å²) >= 11 is 3.54. The molecule has 0 aliphatic carbocycles. The van der Waals surface area contributed by atoms with Crippen LogP contribution in [-0.4, -0.2) is 37.8 Å². The van der Waals surface area contributed by atoms with E-state index in [1.54, 1.807) is 24.9 Å². The summed E-state index contributed by atoms with van der Waals surface area (Å²) in [6.07, 6.45) is 5.24. The summed E-state index contributed by atoms with van der Waals surface area (Å²) in [6, 6.07) is 4.96. The Morgan fingerprint density at radius 2 is 2.00 bits per heavy atom. The predicted octanol–water partition coefficient (Wildman–Crippen LogP) is 3.11. The lowest BCUT2D eigenvalue weighted by Gasteiger charge is -2.14. The molecular formula is C15H24FN3S2. The fraction of sp³-hybridized carbons (Fsp3) is 0.533. The first kappa shape index (κ1) is 18.2. The molecule has 0 amide bonds. The number of thioether (sulfide) groups is 2. The topological polar surface area (TPSA) is 36.4 Å². The van der Waals surface area contributed by atoms with Gasteiger partial charge in [0.2, 0.25) is 0 Å². The smallest absolute Gasteiger partial charge is 0.191 e. The number of hydrogen-bond acceptors (Lipinski definition) is 3. The molecule has 0 heterocycles. The second-order valence-corrected chi connectivity index (χ2v) is 6.40. The second kappa shape index (κ2) is 10.8. The Hall–Kier alpha value is -0.880. The number of benzene rings is 1. The Bertz CT molecular complexity index is 453. The van der Waals surface area contributed by atoms with Gasteiger partial charge in [-0.1, -0.05) is 6.07 Å². The third-order valence-corrected chi connectivity index (χ3v) is 4.25. The van der Waals surface area contributed by atoms with E-state index in [4.69, 9.17) is 0 Å². The van der Waals surface area contributed by atoms with E-state index in [0.29, 0.717) is 6.54 Å².